The Morgan fingerprint density at radius 1 is 1.15 bits per heavy atom. The highest BCUT2D eigenvalue weighted by Crippen LogP contribution is 2.41. The second-order valence-corrected chi connectivity index (χ2v) is 11.2. The van der Waals surface area contributed by atoms with Gasteiger partial charge in [0.05, 0.1) is 17.5 Å². The standard InChI is InChI=1S/C25H21N9O5S2/c35-17(9-12-5-1-2-6-14(12)28-21(36)20-26-15-7-3-4-8-16(15)27-20)29-18-22(37)34-19(24(38)39)13(10-40-23(18)34)11-41-25-30-32-33-31-25/h1-8,18,23H,9-11H2,(H,26,27)(H,28,36)(H,29,35)(H,38,39)(H,30,31,32,33)/t18?,23-/m1/s1. The van der Waals surface area contributed by atoms with Crippen LogP contribution in [-0.4, -0.2) is 87.2 Å². The van der Waals surface area contributed by atoms with Crippen molar-refractivity contribution in [3.8, 4) is 0 Å². The zero-order chi connectivity index (χ0) is 28.5. The van der Waals surface area contributed by atoms with E-state index in [2.05, 4.69) is 41.2 Å². The van der Waals surface area contributed by atoms with E-state index < -0.39 is 35.1 Å². The number of nitrogens with one attached hydrogen (secondary N) is 4. The van der Waals surface area contributed by atoms with Crippen molar-refractivity contribution in [2.45, 2.75) is 23.0 Å². The van der Waals surface area contributed by atoms with E-state index in [1.54, 1.807) is 30.3 Å². The first-order valence-corrected chi connectivity index (χ1v) is 14.3. The number of hydrogen-bond acceptors (Lipinski definition) is 10. The number of hydrogen-bond donors (Lipinski definition) is 5. The minimum Gasteiger partial charge on any atom is -0.477 e. The maximum atomic E-state index is 13.0. The predicted octanol–water partition coefficient (Wildman–Crippen LogP) is 1.40. The van der Waals surface area contributed by atoms with Gasteiger partial charge in [0.25, 0.3) is 11.8 Å². The Balaban J connectivity index is 1.11. The second-order valence-electron chi connectivity index (χ2n) is 9.10. The zero-order valence-corrected chi connectivity index (χ0v) is 22.7. The fourth-order valence-electron chi connectivity index (χ4n) is 4.60. The summed E-state index contributed by atoms with van der Waals surface area (Å²) in [7, 11) is 0. The number of carbonyl (C=O) groups excluding carboxylic acids is 3. The minimum absolute atomic E-state index is 0.0807. The van der Waals surface area contributed by atoms with E-state index in [-0.39, 0.29) is 23.7 Å². The van der Waals surface area contributed by atoms with Crippen LogP contribution in [-0.2, 0) is 20.8 Å². The Morgan fingerprint density at radius 3 is 2.73 bits per heavy atom. The van der Waals surface area contributed by atoms with Gasteiger partial charge in [-0.3, -0.25) is 19.3 Å². The maximum absolute atomic E-state index is 13.0. The monoisotopic (exact) mass is 591 g/mol. The molecule has 5 N–H and O–H groups in total. The molecule has 1 saturated heterocycles. The number of rotatable bonds is 9. The van der Waals surface area contributed by atoms with Gasteiger partial charge in [-0.05, 0) is 39.8 Å². The van der Waals surface area contributed by atoms with Crippen LogP contribution >= 0.6 is 23.5 Å². The van der Waals surface area contributed by atoms with Gasteiger partial charge in [0, 0.05) is 17.2 Å². The lowest BCUT2D eigenvalue weighted by molar-refractivity contribution is -0.150. The number of imidazole rings is 1. The normalized spacial score (nSPS) is 18.1. The topological polar surface area (TPSA) is 199 Å². The fourth-order valence-corrected chi connectivity index (χ4v) is 6.82. The van der Waals surface area contributed by atoms with Crippen molar-refractivity contribution < 1.29 is 24.3 Å². The van der Waals surface area contributed by atoms with Crippen LogP contribution < -0.4 is 10.6 Å². The molecule has 14 nitrogen and oxygen atoms in total. The highest BCUT2D eigenvalue weighted by molar-refractivity contribution is 8.01. The molecular weight excluding hydrogens is 570 g/mol. The zero-order valence-electron chi connectivity index (χ0n) is 21.0. The van der Waals surface area contributed by atoms with Gasteiger partial charge in [0.15, 0.2) is 5.82 Å². The van der Waals surface area contributed by atoms with Crippen LogP contribution in [0, 0.1) is 0 Å². The Kier molecular flexibility index (Phi) is 7.15. The lowest BCUT2D eigenvalue weighted by atomic mass is 10.0. The predicted molar refractivity (Wildman–Crippen MR) is 149 cm³/mol. The molecule has 1 unspecified atom stereocenters. The van der Waals surface area contributed by atoms with Crippen molar-refractivity contribution in [2.75, 3.05) is 16.8 Å². The third-order valence-electron chi connectivity index (χ3n) is 6.50. The molecule has 2 aromatic heterocycles. The summed E-state index contributed by atoms with van der Waals surface area (Å²) in [6.07, 6.45) is -0.105. The average molecular weight is 592 g/mol. The average Bonchev–Trinajstić information content (AvgIpc) is 3.65. The van der Waals surface area contributed by atoms with Gasteiger partial charge >= 0.3 is 5.97 Å². The van der Waals surface area contributed by atoms with Crippen LogP contribution in [0.2, 0.25) is 0 Å². The van der Waals surface area contributed by atoms with Crippen molar-refractivity contribution >= 4 is 63.9 Å². The third kappa shape index (κ3) is 5.26. The number of tetrazole rings is 1. The largest absolute Gasteiger partial charge is 0.477 e. The van der Waals surface area contributed by atoms with E-state index in [0.717, 1.165) is 5.52 Å². The molecule has 41 heavy (non-hydrogen) atoms. The summed E-state index contributed by atoms with van der Waals surface area (Å²) in [6.45, 7) is 0. The number of carboxylic acids is 1. The molecule has 2 atom stereocenters. The van der Waals surface area contributed by atoms with Crippen LogP contribution in [0.1, 0.15) is 16.2 Å². The first kappa shape index (κ1) is 26.5. The van der Waals surface area contributed by atoms with Crippen molar-refractivity contribution in [3.63, 3.8) is 0 Å². The molecule has 4 aromatic rings. The van der Waals surface area contributed by atoms with Gasteiger partial charge in [-0.15, -0.1) is 16.9 Å². The Morgan fingerprint density at radius 2 is 1.95 bits per heavy atom. The molecule has 2 aromatic carbocycles. The summed E-state index contributed by atoms with van der Waals surface area (Å²) >= 11 is 2.61. The van der Waals surface area contributed by atoms with Crippen molar-refractivity contribution in [3.05, 3.63) is 71.2 Å². The van der Waals surface area contributed by atoms with E-state index in [1.807, 2.05) is 18.2 Å². The highest BCUT2D eigenvalue weighted by atomic mass is 32.2. The highest BCUT2D eigenvalue weighted by Gasteiger charge is 2.54. The quantitative estimate of drug-likeness (QED) is 0.139. The summed E-state index contributed by atoms with van der Waals surface area (Å²) in [6, 6.07) is 13.3. The lowest BCUT2D eigenvalue weighted by Crippen LogP contribution is -2.70. The number of para-hydroxylation sites is 3. The number of benzene rings is 2. The number of fused-ring (bicyclic) bond motifs is 2. The van der Waals surface area contributed by atoms with Crippen LogP contribution in [0.4, 0.5) is 5.69 Å². The molecule has 0 bridgehead atoms. The van der Waals surface area contributed by atoms with E-state index in [4.69, 9.17) is 0 Å². The van der Waals surface area contributed by atoms with Crippen molar-refractivity contribution in [2.24, 2.45) is 0 Å². The van der Waals surface area contributed by atoms with E-state index in [1.165, 1.54) is 28.4 Å². The smallest absolute Gasteiger partial charge is 0.352 e. The van der Waals surface area contributed by atoms with Gasteiger partial charge < -0.3 is 20.7 Å². The number of H-pyrrole nitrogens is 2. The Bertz CT molecular complexity index is 1670. The molecule has 4 heterocycles. The molecule has 0 aliphatic carbocycles. The maximum Gasteiger partial charge on any atom is 0.352 e. The summed E-state index contributed by atoms with van der Waals surface area (Å²) in [5, 5.41) is 28.6. The van der Waals surface area contributed by atoms with Crippen LogP contribution in [0.25, 0.3) is 11.0 Å². The number of carboxylic acid groups (broad SMARTS) is 1. The molecule has 0 radical (unpaired) electrons. The molecule has 0 saturated carbocycles. The summed E-state index contributed by atoms with van der Waals surface area (Å²) in [5.41, 5.74) is 2.84. The number of β-lactam (4-membered cyclic amide) rings is 1. The van der Waals surface area contributed by atoms with Gasteiger partial charge in [0.1, 0.15) is 17.1 Å². The molecule has 16 heteroatoms. The number of nitrogens with zero attached hydrogens (tertiary/aromatic N) is 5. The molecule has 2 aliphatic rings. The first-order chi connectivity index (χ1) is 19.9. The van der Waals surface area contributed by atoms with Crippen LogP contribution in [0.3, 0.4) is 0 Å². The molecule has 208 valence electrons. The van der Waals surface area contributed by atoms with Gasteiger partial charge in [-0.2, -0.15) is 0 Å². The van der Waals surface area contributed by atoms with Gasteiger partial charge in [0.2, 0.25) is 11.1 Å². The Labute approximate surface area is 239 Å². The van der Waals surface area contributed by atoms with E-state index in [0.29, 0.717) is 33.2 Å². The summed E-state index contributed by atoms with van der Waals surface area (Å²) in [5.74, 6) is -1.81. The second kappa shape index (κ2) is 11.1. The molecule has 0 spiro atoms. The molecule has 1 fully saturated rings. The van der Waals surface area contributed by atoms with Crippen LogP contribution in [0.5, 0.6) is 0 Å². The first-order valence-electron chi connectivity index (χ1n) is 12.3. The van der Waals surface area contributed by atoms with Crippen molar-refractivity contribution in [1.82, 2.24) is 40.8 Å². The van der Waals surface area contributed by atoms with E-state index >= 15 is 0 Å². The van der Waals surface area contributed by atoms with Crippen molar-refractivity contribution in [1.29, 1.82) is 0 Å². The SMILES string of the molecule is O=C(Cc1ccccc1NC(=O)c1nc2ccccc2[nH]1)NC1C(=O)N2C(C(=O)O)=C(CSc3nnn[nH]3)CS[C@H]12. The Hall–Kier alpha value is -4.70. The van der Waals surface area contributed by atoms with E-state index in [9.17, 15) is 24.3 Å². The van der Waals surface area contributed by atoms with Gasteiger partial charge in [-0.1, -0.05) is 42.1 Å². The number of aromatic amines is 2. The molecule has 2 aliphatic heterocycles. The van der Waals surface area contributed by atoms with Gasteiger partial charge in [-0.25, -0.2) is 14.9 Å². The lowest BCUT2D eigenvalue weighted by Gasteiger charge is -2.49. The number of amides is 3. The number of carbonyl (C=O) groups is 4. The molecular formula is C25H21N9O5S2. The number of aromatic nitrogens is 6. The fraction of sp³-hybridized carbons (Fsp3) is 0.200. The number of aliphatic carboxylic acids is 1. The van der Waals surface area contributed by atoms with Crippen LogP contribution in [0.15, 0.2) is 65.0 Å². The minimum atomic E-state index is -1.21. The summed E-state index contributed by atoms with van der Waals surface area (Å²) < 4.78 is 0. The number of thioether (sulfide) groups is 2. The number of anilines is 1. The molecule has 6 rings (SSSR count). The molecule has 3 amide bonds. The summed E-state index contributed by atoms with van der Waals surface area (Å²) in [4.78, 5) is 59.4. The third-order valence-corrected chi connectivity index (χ3v) is 8.78.